The highest BCUT2D eigenvalue weighted by molar-refractivity contribution is 7.90. The molecule has 0 aromatic heterocycles. The highest BCUT2D eigenvalue weighted by Gasteiger charge is 2.20. The zero-order chi connectivity index (χ0) is 33.1. The number of rotatable bonds is 8. The Kier molecular flexibility index (Phi) is 9.69. The van der Waals surface area contributed by atoms with Gasteiger partial charge < -0.3 is 10.6 Å². The number of hydrogen-bond acceptors (Lipinski definition) is 6. The predicted molar refractivity (Wildman–Crippen MR) is 176 cm³/mol. The lowest BCUT2D eigenvalue weighted by molar-refractivity contribution is 0.255. The molecule has 0 unspecified atom stereocenters. The van der Waals surface area contributed by atoms with Crippen LogP contribution in [0.25, 0.3) is 0 Å². The predicted octanol–water partition coefficient (Wildman–Crippen LogP) is 6.15. The third-order valence-corrected chi connectivity index (χ3v) is 10.1. The van der Waals surface area contributed by atoms with Crippen molar-refractivity contribution in [1.82, 2.24) is 9.44 Å². The van der Waals surface area contributed by atoms with E-state index < -0.39 is 32.1 Å². The molecular weight excluding hydrogens is 613 g/mol. The highest BCUT2D eigenvalue weighted by Crippen LogP contribution is 2.27. The number of amides is 4. The SMILES string of the molecule is Cc1ccc(S(=O)(=O)NC(=O)Nc2cc(C)c(Cc3cc(C)c(NC(=O)NS(=O)(=O)c4ccc(C)cc4)cc3C)cc2C)cc1. The van der Waals surface area contributed by atoms with Crippen LogP contribution in [0.2, 0.25) is 0 Å². The molecule has 4 amide bonds. The van der Waals surface area contributed by atoms with Crippen molar-refractivity contribution in [3.8, 4) is 0 Å². The van der Waals surface area contributed by atoms with E-state index in [1.165, 1.54) is 24.3 Å². The van der Waals surface area contributed by atoms with Gasteiger partial charge >= 0.3 is 12.1 Å². The van der Waals surface area contributed by atoms with Gasteiger partial charge in [0.1, 0.15) is 0 Å². The molecule has 236 valence electrons. The Hall–Kier alpha value is -4.68. The molecule has 0 saturated carbocycles. The molecule has 0 aliphatic heterocycles. The molecule has 4 aromatic carbocycles. The molecule has 10 nitrogen and oxygen atoms in total. The van der Waals surface area contributed by atoms with E-state index in [1.54, 1.807) is 36.4 Å². The summed E-state index contributed by atoms with van der Waals surface area (Å²) >= 11 is 0. The van der Waals surface area contributed by atoms with Crippen molar-refractivity contribution in [3.05, 3.63) is 117 Å². The van der Waals surface area contributed by atoms with Gasteiger partial charge in [0, 0.05) is 11.4 Å². The second-order valence-corrected chi connectivity index (χ2v) is 14.5. The Balaban J connectivity index is 1.44. The molecule has 4 aromatic rings. The summed E-state index contributed by atoms with van der Waals surface area (Å²) in [6, 6.07) is 18.1. The van der Waals surface area contributed by atoms with Crippen molar-refractivity contribution >= 4 is 43.5 Å². The lowest BCUT2D eigenvalue weighted by Crippen LogP contribution is -2.34. The van der Waals surface area contributed by atoms with E-state index in [0.29, 0.717) is 17.8 Å². The van der Waals surface area contributed by atoms with Gasteiger partial charge in [0.2, 0.25) is 0 Å². The first kappa shape index (κ1) is 33.2. The fourth-order valence-electron chi connectivity index (χ4n) is 4.70. The minimum atomic E-state index is -4.03. The summed E-state index contributed by atoms with van der Waals surface area (Å²) in [6.07, 6.45) is 0.557. The number of carbonyl (C=O) groups excluding carboxylic acids is 2. The Bertz CT molecular complexity index is 1840. The van der Waals surface area contributed by atoms with E-state index in [1.807, 2.05) is 53.7 Å². The summed E-state index contributed by atoms with van der Waals surface area (Å²) in [7, 11) is -8.07. The number of aryl methyl sites for hydroxylation is 6. The van der Waals surface area contributed by atoms with Gasteiger partial charge in [-0.25, -0.2) is 35.9 Å². The van der Waals surface area contributed by atoms with Gasteiger partial charge in [-0.1, -0.05) is 47.5 Å². The normalized spacial score (nSPS) is 11.5. The summed E-state index contributed by atoms with van der Waals surface area (Å²) in [5, 5.41) is 5.27. The van der Waals surface area contributed by atoms with Crippen LogP contribution in [0, 0.1) is 41.5 Å². The lowest BCUT2D eigenvalue weighted by atomic mass is 9.93. The van der Waals surface area contributed by atoms with Gasteiger partial charge in [-0.3, -0.25) is 0 Å². The molecule has 0 spiro atoms. The molecule has 0 aliphatic rings. The first-order valence-electron chi connectivity index (χ1n) is 14.1. The van der Waals surface area contributed by atoms with Gasteiger partial charge in [-0.15, -0.1) is 0 Å². The topological polar surface area (TPSA) is 151 Å². The van der Waals surface area contributed by atoms with Crippen LogP contribution in [0.1, 0.15) is 44.5 Å². The molecule has 4 rings (SSSR count). The van der Waals surface area contributed by atoms with Crippen LogP contribution < -0.4 is 20.1 Å². The van der Waals surface area contributed by atoms with E-state index in [9.17, 15) is 26.4 Å². The lowest BCUT2D eigenvalue weighted by Gasteiger charge is -2.17. The molecule has 0 bridgehead atoms. The average molecular weight is 649 g/mol. The van der Waals surface area contributed by atoms with Crippen molar-refractivity contribution < 1.29 is 26.4 Å². The summed E-state index contributed by atoms with van der Waals surface area (Å²) in [6.45, 7) is 11.1. The average Bonchev–Trinajstić information content (AvgIpc) is 2.94. The molecule has 0 atom stereocenters. The van der Waals surface area contributed by atoms with E-state index >= 15 is 0 Å². The van der Waals surface area contributed by atoms with E-state index in [4.69, 9.17) is 0 Å². The third kappa shape index (κ3) is 8.28. The molecule has 4 N–H and O–H groups in total. The van der Waals surface area contributed by atoms with E-state index in [-0.39, 0.29) is 9.79 Å². The van der Waals surface area contributed by atoms with E-state index in [2.05, 4.69) is 20.1 Å². The van der Waals surface area contributed by atoms with Crippen molar-refractivity contribution in [3.63, 3.8) is 0 Å². The van der Waals surface area contributed by atoms with Gasteiger partial charge in [0.15, 0.2) is 0 Å². The summed E-state index contributed by atoms with van der Waals surface area (Å²) in [4.78, 5) is 25.2. The summed E-state index contributed by atoms with van der Waals surface area (Å²) in [5.74, 6) is 0. The number of sulfonamides is 2. The highest BCUT2D eigenvalue weighted by atomic mass is 32.2. The zero-order valence-corrected chi connectivity index (χ0v) is 27.5. The first-order chi connectivity index (χ1) is 21.0. The maximum atomic E-state index is 12.6. The molecule has 12 heteroatoms. The summed E-state index contributed by atoms with van der Waals surface area (Å²) < 4.78 is 54.5. The van der Waals surface area contributed by atoms with Crippen LogP contribution in [0.5, 0.6) is 0 Å². The monoisotopic (exact) mass is 648 g/mol. The smallest absolute Gasteiger partial charge is 0.307 e. The molecule has 0 fully saturated rings. The fraction of sp³-hybridized carbons (Fsp3) is 0.212. The number of benzene rings is 4. The third-order valence-electron chi connectivity index (χ3n) is 7.36. The zero-order valence-electron chi connectivity index (χ0n) is 25.9. The quantitative estimate of drug-likeness (QED) is 0.180. The number of anilines is 2. The number of urea groups is 2. The maximum absolute atomic E-state index is 12.6. The fourth-order valence-corrected chi connectivity index (χ4v) is 6.51. The van der Waals surface area contributed by atoms with Gasteiger partial charge in [0.25, 0.3) is 20.0 Å². The minimum Gasteiger partial charge on any atom is -0.307 e. The molecule has 0 saturated heterocycles. The minimum absolute atomic E-state index is 0.00806. The van der Waals surface area contributed by atoms with Crippen molar-refractivity contribution in [2.75, 3.05) is 10.6 Å². The van der Waals surface area contributed by atoms with Gasteiger partial charge in [0.05, 0.1) is 9.79 Å². The Morgan fingerprint density at radius 1 is 0.511 bits per heavy atom. The second kappa shape index (κ2) is 13.1. The molecule has 0 aliphatic carbocycles. The molecule has 0 radical (unpaired) electrons. The number of carbonyl (C=O) groups is 2. The van der Waals surface area contributed by atoms with E-state index in [0.717, 1.165) is 44.5 Å². The Morgan fingerprint density at radius 2 is 0.844 bits per heavy atom. The van der Waals surface area contributed by atoms with Crippen molar-refractivity contribution in [2.24, 2.45) is 0 Å². The van der Waals surface area contributed by atoms with Gasteiger partial charge in [-0.05, 0) is 118 Å². The number of nitrogens with one attached hydrogen (secondary N) is 4. The maximum Gasteiger partial charge on any atom is 0.333 e. The van der Waals surface area contributed by atoms with Gasteiger partial charge in [-0.2, -0.15) is 0 Å². The van der Waals surface area contributed by atoms with Crippen molar-refractivity contribution in [1.29, 1.82) is 0 Å². The first-order valence-corrected chi connectivity index (χ1v) is 17.0. The van der Waals surface area contributed by atoms with Crippen LogP contribution in [-0.2, 0) is 26.5 Å². The second-order valence-electron chi connectivity index (χ2n) is 11.1. The van der Waals surface area contributed by atoms with Crippen LogP contribution in [-0.4, -0.2) is 28.9 Å². The van der Waals surface area contributed by atoms with Crippen molar-refractivity contribution in [2.45, 2.75) is 57.8 Å². The molecule has 0 heterocycles. The van der Waals surface area contributed by atoms with Crippen LogP contribution in [0.3, 0.4) is 0 Å². The summed E-state index contributed by atoms with van der Waals surface area (Å²) in [5.41, 5.74) is 8.02. The van der Waals surface area contributed by atoms with Crippen LogP contribution in [0.15, 0.2) is 82.6 Å². The Labute approximate surface area is 264 Å². The van der Waals surface area contributed by atoms with Crippen LogP contribution >= 0.6 is 0 Å². The largest absolute Gasteiger partial charge is 0.333 e. The molecule has 45 heavy (non-hydrogen) atoms. The molecular formula is C33H36N4O6S2. The Morgan fingerprint density at radius 3 is 1.18 bits per heavy atom. The number of hydrogen-bond donors (Lipinski definition) is 4. The standard InChI is InChI=1S/C33H36N4O6S2/c1-20-7-11-28(12-8-20)44(40,41)36-32(38)34-30-17-22(3)26(15-24(30)5)19-27-16-25(6)31(18-23(27)4)35-33(39)37-45(42,43)29-13-9-21(2)10-14-29/h7-18H,19H2,1-6H3,(H2,34,36,38)(H2,35,37,39). The van der Waals surface area contributed by atoms with Crippen LogP contribution in [0.4, 0.5) is 21.0 Å².